The summed E-state index contributed by atoms with van der Waals surface area (Å²) in [5, 5.41) is 6.35. The molecule has 5 heteroatoms. The highest BCUT2D eigenvalue weighted by molar-refractivity contribution is 5.74. The molecule has 1 saturated carbocycles. The van der Waals surface area contributed by atoms with Crippen molar-refractivity contribution in [3.8, 4) is 0 Å². The topological polar surface area (TPSA) is 53.6 Å². The van der Waals surface area contributed by atoms with Crippen molar-refractivity contribution in [2.75, 3.05) is 26.3 Å². The van der Waals surface area contributed by atoms with Gasteiger partial charge in [0.05, 0.1) is 0 Å². The lowest BCUT2D eigenvalue weighted by molar-refractivity contribution is 0.0243. The Hall–Kier alpha value is -0.810. The van der Waals surface area contributed by atoms with Crippen LogP contribution in [-0.4, -0.2) is 55.4 Å². The number of piperidine rings is 1. The van der Waals surface area contributed by atoms with E-state index in [9.17, 15) is 4.79 Å². The molecule has 0 aromatic heterocycles. The highest BCUT2D eigenvalue weighted by atomic mass is 16.5. The molecule has 0 unspecified atom stereocenters. The third-order valence-electron chi connectivity index (χ3n) is 5.51. The number of nitrogens with zero attached hydrogens (tertiary/aromatic N) is 1. The van der Waals surface area contributed by atoms with E-state index in [1.165, 1.54) is 32.1 Å². The van der Waals surface area contributed by atoms with Crippen LogP contribution in [0.25, 0.3) is 0 Å². The first-order valence-electron chi connectivity index (χ1n) is 9.20. The summed E-state index contributed by atoms with van der Waals surface area (Å²) in [5.74, 6) is 0. The second-order valence-electron chi connectivity index (χ2n) is 7.11. The average molecular weight is 309 g/mol. The van der Waals surface area contributed by atoms with Gasteiger partial charge in [-0.1, -0.05) is 19.3 Å². The SMILES string of the molecule is O=C(NC1CCCCC1)NC1CCN(C2CCOCC2)CC1. The van der Waals surface area contributed by atoms with Crippen LogP contribution in [0.4, 0.5) is 4.79 Å². The first kappa shape index (κ1) is 16.1. The van der Waals surface area contributed by atoms with Gasteiger partial charge in [-0.05, 0) is 38.5 Å². The first-order valence-corrected chi connectivity index (χ1v) is 9.20. The molecule has 126 valence electrons. The first-order chi connectivity index (χ1) is 10.8. The van der Waals surface area contributed by atoms with Crippen LogP contribution in [0.2, 0.25) is 0 Å². The lowest BCUT2D eigenvalue weighted by Gasteiger charge is -2.39. The molecule has 2 saturated heterocycles. The molecule has 0 aromatic carbocycles. The molecule has 0 spiro atoms. The normalized spacial score (nSPS) is 26.7. The predicted molar refractivity (Wildman–Crippen MR) is 87.0 cm³/mol. The Morgan fingerprint density at radius 1 is 0.818 bits per heavy atom. The maximum atomic E-state index is 12.1. The van der Waals surface area contributed by atoms with Gasteiger partial charge in [0.25, 0.3) is 0 Å². The lowest BCUT2D eigenvalue weighted by atomic mass is 9.95. The van der Waals surface area contributed by atoms with Crippen LogP contribution >= 0.6 is 0 Å². The summed E-state index contributed by atoms with van der Waals surface area (Å²) >= 11 is 0. The molecule has 0 radical (unpaired) electrons. The fourth-order valence-corrected chi connectivity index (χ4v) is 4.12. The minimum absolute atomic E-state index is 0.0522. The fourth-order valence-electron chi connectivity index (χ4n) is 4.12. The monoisotopic (exact) mass is 309 g/mol. The highest BCUT2D eigenvalue weighted by Crippen LogP contribution is 2.20. The Labute approximate surface area is 134 Å². The van der Waals surface area contributed by atoms with Crippen LogP contribution in [0.15, 0.2) is 0 Å². The summed E-state index contributed by atoms with van der Waals surface area (Å²) < 4.78 is 5.44. The Balaban J connectivity index is 1.35. The number of urea groups is 1. The van der Waals surface area contributed by atoms with Crippen molar-refractivity contribution in [1.82, 2.24) is 15.5 Å². The van der Waals surface area contributed by atoms with Gasteiger partial charge < -0.3 is 20.3 Å². The smallest absolute Gasteiger partial charge is 0.315 e. The summed E-state index contributed by atoms with van der Waals surface area (Å²) in [6.45, 7) is 4.04. The van der Waals surface area contributed by atoms with Crippen LogP contribution in [0.1, 0.15) is 57.8 Å². The average Bonchev–Trinajstić information content (AvgIpc) is 2.57. The second kappa shape index (κ2) is 8.16. The number of rotatable bonds is 3. The molecule has 22 heavy (non-hydrogen) atoms. The summed E-state index contributed by atoms with van der Waals surface area (Å²) in [4.78, 5) is 14.7. The number of nitrogens with one attached hydrogen (secondary N) is 2. The maximum absolute atomic E-state index is 12.1. The van der Waals surface area contributed by atoms with Gasteiger partial charge in [-0.25, -0.2) is 4.79 Å². The molecule has 5 nitrogen and oxygen atoms in total. The summed E-state index contributed by atoms with van der Waals surface area (Å²) in [7, 11) is 0. The molecular formula is C17H31N3O2. The van der Waals surface area contributed by atoms with E-state index in [4.69, 9.17) is 4.74 Å². The molecule has 2 aliphatic heterocycles. The fraction of sp³-hybridized carbons (Fsp3) is 0.941. The molecule has 3 rings (SSSR count). The van der Waals surface area contributed by atoms with Gasteiger partial charge >= 0.3 is 6.03 Å². The summed E-state index contributed by atoms with van der Waals surface area (Å²) in [6, 6.07) is 1.50. The van der Waals surface area contributed by atoms with Crippen LogP contribution in [0.3, 0.4) is 0 Å². The molecule has 3 fully saturated rings. The number of carbonyl (C=O) groups excluding carboxylic acids is 1. The highest BCUT2D eigenvalue weighted by Gasteiger charge is 2.27. The van der Waals surface area contributed by atoms with E-state index >= 15 is 0 Å². The van der Waals surface area contributed by atoms with E-state index in [2.05, 4.69) is 15.5 Å². The molecule has 3 aliphatic rings. The number of amides is 2. The minimum atomic E-state index is 0.0522. The number of carbonyl (C=O) groups is 1. The Morgan fingerprint density at radius 2 is 1.41 bits per heavy atom. The standard InChI is InChI=1S/C17H31N3O2/c21-17(18-14-4-2-1-3-5-14)19-15-6-10-20(11-7-15)16-8-12-22-13-9-16/h14-16H,1-13H2,(H2,18,19,21). The number of likely N-dealkylation sites (tertiary alicyclic amines) is 1. The quantitative estimate of drug-likeness (QED) is 0.841. The Kier molecular flexibility index (Phi) is 5.96. The van der Waals surface area contributed by atoms with Gasteiger partial charge in [0, 0.05) is 44.4 Å². The Bertz CT molecular complexity index is 344. The van der Waals surface area contributed by atoms with E-state index in [1.54, 1.807) is 0 Å². The van der Waals surface area contributed by atoms with Crippen molar-refractivity contribution in [3.05, 3.63) is 0 Å². The zero-order valence-corrected chi connectivity index (χ0v) is 13.7. The van der Waals surface area contributed by atoms with Crippen molar-refractivity contribution in [2.45, 2.75) is 75.9 Å². The number of hydrogen-bond acceptors (Lipinski definition) is 3. The zero-order valence-electron chi connectivity index (χ0n) is 13.7. The lowest BCUT2D eigenvalue weighted by Crippen LogP contribution is -2.52. The summed E-state index contributed by atoms with van der Waals surface area (Å²) in [6.07, 6.45) is 10.6. The van der Waals surface area contributed by atoms with Crippen molar-refractivity contribution in [3.63, 3.8) is 0 Å². The van der Waals surface area contributed by atoms with Crippen LogP contribution in [0, 0.1) is 0 Å². The zero-order chi connectivity index (χ0) is 15.2. The van der Waals surface area contributed by atoms with Crippen molar-refractivity contribution < 1.29 is 9.53 Å². The van der Waals surface area contributed by atoms with Gasteiger partial charge in [-0.15, -0.1) is 0 Å². The second-order valence-corrected chi connectivity index (χ2v) is 7.11. The minimum Gasteiger partial charge on any atom is -0.381 e. The predicted octanol–water partition coefficient (Wildman–Crippen LogP) is 2.26. The molecule has 1 aliphatic carbocycles. The third kappa shape index (κ3) is 4.59. The summed E-state index contributed by atoms with van der Waals surface area (Å²) in [5.41, 5.74) is 0. The van der Waals surface area contributed by atoms with Crippen molar-refractivity contribution in [1.29, 1.82) is 0 Å². The van der Waals surface area contributed by atoms with Gasteiger partial charge in [0.2, 0.25) is 0 Å². The number of hydrogen-bond donors (Lipinski definition) is 2. The molecule has 0 aromatic rings. The van der Waals surface area contributed by atoms with E-state index in [0.29, 0.717) is 18.1 Å². The molecular weight excluding hydrogens is 278 g/mol. The largest absolute Gasteiger partial charge is 0.381 e. The van der Waals surface area contributed by atoms with E-state index in [1.807, 2.05) is 0 Å². The van der Waals surface area contributed by atoms with Crippen molar-refractivity contribution in [2.24, 2.45) is 0 Å². The van der Waals surface area contributed by atoms with Gasteiger partial charge in [0.1, 0.15) is 0 Å². The molecule has 2 heterocycles. The van der Waals surface area contributed by atoms with Crippen LogP contribution < -0.4 is 10.6 Å². The van der Waals surface area contributed by atoms with Gasteiger partial charge in [-0.2, -0.15) is 0 Å². The van der Waals surface area contributed by atoms with E-state index in [0.717, 1.165) is 52.0 Å². The molecule has 2 N–H and O–H groups in total. The van der Waals surface area contributed by atoms with Gasteiger partial charge in [0.15, 0.2) is 0 Å². The number of ether oxygens (including phenoxy) is 1. The third-order valence-corrected chi connectivity index (χ3v) is 5.51. The van der Waals surface area contributed by atoms with Crippen LogP contribution in [0.5, 0.6) is 0 Å². The molecule has 0 atom stereocenters. The molecule has 2 amide bonds. The van der Waals surface area contributed by atoms with E-state index < -0.39 is 0 Å². The van der Waals surface area contributed by atoms with E-state index in [-0.39, 0.29) is 6.03 Å². The van der Waals surface area contributed by atoms with Crippen molar-refractivity contribution >= 4 is 6.03 Å². The van der Waals surface area contributed by atoms with Gasteiger partial charge in [-0.3, -0.25) is 0 Å². The van der Waals surface area contributed by atoms with Crippen LogP contribution in [-0.2, 0) is 4.74 Å². The molecule has 0 bridgehead atoms. The Morgan fingerprint density at radius 3 is 2.05 bits per heavy atom. The maximum Gasteiger partial charge on any atom is 0.315 e.